The molecular formula is C23H22ClFN8O. The molecule has 1 aliphatic heterocycles. The summed E-state index contributed by atoms with van der Waals surface area (Å²) in [4.78, 5) is 25.1. The first-order valence-corrected chi connectivity index (χ1v) is 10.8. The molecule has 1 saturated heterocycles. The lowest BCUT2D eigenvalue weighted by Gasteiger charge is -2.23. The van der Waals surface area contributed by atoms with E-state index in [1.807, 2.05) is 4.68 Å². The van der Waals surface area contributed by atoms with Crippen molar-refractivity contribution in [3.05, 3.63) is 60.3 Å². The summed E-state index contributed by atoms with van der Waals surface area (Å²) in [5, 5.41) is 11.5. The van der Waals surface area contributed by atoms with Gasteiger partial charge in [-0.1, -0.05) is 6.07 Å². The fourth-order valence-electron chi connectivity index (χ4n) is 4.98. The average molecular weight is 481 g/mol. The van der Waals surface area contributed by atoms with Crippen molar-refractivity contribution < 1.29 is 9.18 Å². The zero-order valence-electron chi connectivity index (χ0n) is 18.0. The summed E-state index contributed by atoms with van der Waals surface area (Å²) in [5.74, 6) is 0.209. The molecule has 2 fully saturated rings. The smallest absolute Gasteiger partial charge is 0.256 e. The summed E-state index contributed by atoms with van der Waals surface area (Å²) in [7, 11) is 0. The molecule has 4 aromatic rings. The lowest BCUT2D eigenvalue weighted by atomic mass is 10.1. The van der Waals surface area contributed by atoms with Crippen LogP contribution in [0.5, 0.6) is 0 Å². The number of nitrogens with zero attached hydrogens (tertiary/aromatic N) is 5. The van der Waals surface area contributed by atoms with E-state index in [9.17, 15) is 4.79 Å². The van der Waals surface area contributed by atoms with Gasteiger partial charge in [0, 0.05) is 23.4 Å². The zero-order chi connectivity index (χ0) is 22.5. The largest absolute Gasteiger partial charge is 0.383 e. The van der Waals surface area contributed by atoms with Crippen LogP contribution in [-0.4, -0.2) is 43.2 Å². The number of amides is 1. The predicted octanol–water partition coefficient (Wildman–Crippen LogP) is 3.21. The van der Waals surface area contributed by atoms with Crippen LogP contribution < -0.4 is 16.4 Å². The monoisotopic (exact) mass is 480 g/mol. The van der Waals surface area contributed by atoms with Crippen LogP contribution in [0.3, 0.4) is 0 Å². The molecule has 11 heteroatoms. The summed E-state index contributed by atoms with van der Waals surface area (Å²) in [6, 6.07) is 9.89. The molecule has 2 aliphatic rings. The number of pyridine rings is 1. The highest BCUT2D eigenvalue weighted by Gasteiger charge is 2.42. The first-order chi connectivity index (χ1) is 16.1. The lowest BCUT2D eigenvalue weighted by molar-refractivity contribution is 0.102. The Labute approximate surface area is 200 Å². The lowest BCUT2D eigenvalue weighted by Crippen LogP contribution is -2.35. The van der Waals surface area contributed by atoms with Crippen LogP contribution in [0.4, 0.5) is 16.0 Å². The fraction of sp³-hybridized carbons (Fsp3) is 0.261. The Morgan fingerprint density at radius 2 is 2.06 bits per heavy atom. The normalized spacial score (nSPS) is 20.9. The van der Waals surface area contributed by atoms with E-state index >= 15 is 4.39 Å². The van der Waals surface area contributed by atoms with E-state index in [1.165, 1.54) is 12.4 Å². The molecule has 9 nitrogen and oxygen atoms in total. The third kappa shape index (κ3) is 3.64. The Morgan fingerprint density at radius 3 is 2.76 bits per heavy atom. The number of nitrogen functional groups attached to an aromatic ring is 1. The number of nitrogens with one attached hydrogen (secondary N) is 2. The maximum Gasteiger partial charge on any atom is 0.256 e. The van der Waals surface area contributed by atoms with Crippen molar-refractivity contribution in [2.45, 2.75) is 24.9 Å². The minimum Gasteiger partial charge on any atom is -0.383 e. The molecule has 4 heterocycles. The van der Waals surface area contributed by atoms with Crippen LogP contribution in [-0.2, 0) is 0 Å². The number of rotatable bonds is 4. The van der Waals surface area contributed by atoms with Crippen LogP contribution in [0, 0.1) is 11.7 Å². The third-order valence-electron chi connectivity index (χ3n) is 6.52. The summed E-state index contributed by atoms with van der Waals surface area (Å²) >= 11 is 0. The Hall–Kier alpha value is -3.63. The summed E-state index contributed by atoms with van der Waals surface area (Å²) in [6.45, 7) is 1.01. The molecule has 1 amide bonds. The number of hydrogen-bond donors (Lipinski definition) is 3. The Bertz CT molecular complexity index is 1380. The van der Waals surface area contributed by atoms with Crippen molar-refractivity contribution in [2.75, 3.05) is 17.6 Å². The van der Waals surface area contributed by atoms with Gasteiger partial charge in [-0.05, 0) is 55.6 Å². The highest BCUT2D eigenvalue weighted by Crippen LogP contribution is 2.42. The topological polar surface area (TPSA) is 124 Å². The number of benzene rings is 1. The summed E-state index contributed by atoms with van der Waals surface area (Å²) in [5.41, 5.74) is 7.56. The second-order valence-corrected chi connectivity index (χ2v) is 8.53. The maximum absolute atomic E-state index is 15.3. The van der Waals surface area contributed by atoms with Crippen LogP contribution in [0.15, 0.2) is 48.9 Å². The SMILES string of the molecule is Cl.Nc1ncnc2c1c(-c1ccc(C(=O)Nc3ccccn3)cc1F)nn2C1CC2CNC1C2. The van der Waals surface area contributed by atoms with Gasteiger partial charge in [0.2, 0.25) is 0 Å². The van der Waals surface area contributed by atoms with E-state index in [1.54, 1.807) is 36.5 Å². The van der Waals surface area contributed by atoms with Gasteiger partial charge in [0.1, 0.15) is 29.5 Å². The van der Waals surface area contributed by atoms with Crippen LogP contribution in [0.25, 0.3) is 22.3 Å². The van der Waals surface area contributed by atoms with E-state index in [0.717, 1.165) is 19.4 Å². The molecule has 34 heavy (non-hydrogen) atoms. The number of aromatic nitrogens is 5. The molecule has 0 spiro atoms. The van der Waals surface area contributed by atoms with Gasteiger partial charge in [-0.3, -0.25) is 4.79 Å². The molecule has 1 aliphatic carbocycles. The minimum absolute atomic E-state index is 0. The Kier molecular flexibility index (Phi) is 5.62. The molecule has 0 radical (unpaired) electrons. The van der Waals surface area contributed by atoms with E-state index in [-0.39, 0.29) is 35.4 Å². The van der Waals surface area contributed by atoms with Crippen LogP contribution in [0.2, 0.25) is 0 Å². The van der Waals surface area contributed by atoms with Crippen molar-refractivity contribution in [2.24, 2.45) is 5.92 Å². The zero-order valence-corrected chi connectivity index (χ0v) is 18.8. The Morgan fingerprint density at radius 1 is 1.18 bits per heavy atom. The number of piperidine rings is 1. The summed E-state index contributed by atoms with van der Waals surface area (Å²) < 4.78 is 17.2. The highest BCUT2D eigenvalue weighted by atomic mass is 35.5. The van der Waals surface area contributed by atoms with Gasteiger partial charge < -0.3 is 16.4 Å². The van der Waals surface area contributed by atoms with Crippen molar-refractivity contribution >= 4 is 41.0 Å². The highest BCUT2D eigenvalue weighted by molar-refractivity contribution is 6.04. The number of nitrogens with two attached hydrogens (primary N) is 1. The van der Waals surface area contributed by atoms with Gasteiger partial charge in [0.25, 0.3) is 5.91 Å². The quantitative estimate of drug-likeness (QED) is 0.409. The van der Waals surface area contributed by atoms with E-state index < -0.39 is 11.7 Å². The first kappa shape index (κ1) is 22.2. The summed E-state index contributed by atoms with van der Waals surface area (Å²) in [6.07, 6.45) is 5.06. The van der Waals surface area contributed by atoms with E-state index in [2.05, 4.69) is 25.6 Å². The first-order valence-electron chi connectivity index (χ1n) is 10.8. The van der Waals surface area contributed by atoms with Crippen molar-refractivity contribution in [1.82, 2.24) is 30.0 Å². The Balaban J connectivity index is 0.00000241. The van der Waals surface area contributed by atoms with Gasteiger partial charge in [0.05, 0.1) is 11.4 Å². The van der Waals surface area contributed by atoms with Crippen LogP contribution >= 0.6 is 12.4 Å². The standard InChI is InChI=1S/C23H21FN8O.ClH/c24-15-9-13(23(33)30-18-3-1-2-6-26-18)4-5-14(15)20-19-21(25)28-11-29-22(19)32(31-20)17-8-12-7-16(17)27-10-12;/h1-6,9,11-12,16-17,27H,7-8,10H2,(H2,25,28,29)(H,26,30,33);1H. The number of carbonyl (C=O) groups excluding carboxylic acids is 1. The fourth-order valence-corrected chi connectivity index (χ4v) is 4.98. The van der Waals surface area contributed by atoms with Crippen molar-refractivity contribution in [3.8, 4) is 11.3 Å². The van der Waals surface area contributed by atoms with E-state index in [4.69, 9.17) is 10.8 Å². The molecule has 2 bridgehead atoms. The number of halogens is 2. The average Bonchev–Trinajstić information content (AvgIpc) is 3.54. The molecule has 1 aromatic carbocycles. The second-order valence-electron chi connectivity index (χ2n) is 8.53. The van der Waals surface area contributed by atoms with Gasteiger partial charge >= 0.3 is 0 Å². The number of hydrogen-bond acceptors (Lipinski definition) is 7. The van der Waals surface area contributed by atoms with Gasteiger partial charge in [0.15, 0.2) is 5.65 Å². The number of anilines is 2. The predicted molar refractivity (Wildman–Crippen MR) is 128 cm³/mol. The van der Waals surface area contributed by atoms with E-state index in [0.29, 0.717) is 34.5 Å². The van der Waals surface area contributed by atoms with Crippen molar-refractivity contribution in [1.29, 1.82) is 0 Å². The van der Waals surface area contributed by atoms with Gasteiger partial charge in [-0.15, -0.1) is 12.4 Å². The maximum atomic E-state index is 15.3. The second kappa shape index (κ2) is 8.62. The van der Waals surface area contributed by atoms with Gasteiger partial charge in [-0.2, -0.15) is 5.10 Å². The molecule has 174 valence electrons. The number of carbonyl (C=O) groups is 1. The third-order valence-corrected chi connectivity index (χ3v) is 6.52. The number of fused-ring (bicyclic) bond motifs is 3. The molecule has 4 N–H and O–H groups in total. The molecular weight excluding hydrogens is 459 g/mol. The molecule has 3 atom stereocenters. The molecule has 1 saturated carbocycles. The molecule has 3 aromatic heterocycles. The molecule has 3 unspecified atom stereocenters. The van der Waals surface area contributed by atoms with Gasteiger partial charge in [-0.25, -0.2) is 24.0 Å². The molecule has 6 rings (SSSR count). The van der Waals surface area contributed by atoms with Crippen molar-refractivity contribution in [3.63, 3.8) is 0 Å². The van der Waals surface area contributed by atoms with Crippen LogP contribution in [0.1, 0.15) is 29.2 Å². The minimum atomic E-state index is -0.579.